The zero-order valence-corrected chi connectivity index (χ0v) is 17.3. The van der Waals surface area contributed by atoms with Crippen LogP contribution in [0.3, 0.4) is 0 Å². The van der Waals surface area contributed by atoms with E-state index < -0.39 is 5.97 Å². The van der Waals surface area contributed by atoms with Crippen LogP contribution in [0.15, 0.2) is 109 Å². The Labute approximate surface area is 183 Å². The van der Waals surface area contributed by atoms with Gasteiger partial charge in [0.25, 0.3) is 0 Å². The summed E-state index contributed by atoms with van der Waals surface area (Å²) in [4.78, 5) is 13.5. The highest BCUT2D eigenvalue weighted by Gasteiger charge is 2.09. The molecule has 0 aliphatic carbocycles. The molecule has 0 atom stereocenters. The van der Waals surface area contributed by atoms with Crippen molar-refractivity contribution in [2.24, 2.45) is 0 Å². The Bertz CT molecular complexity index is 1060. The number of benzene rings is 4. The Balaban J connectivity index is 1.49. The van der Waals surface area contributed by atoms with Gasteiger partial charge in [0.05, 0.1) is 5.56 Å². The first-order chi connectivity index (χ1) is 15.2. The molecule has 31 heavy (non-hydrogen) atoms. The molecule has 0 unspecified atom stereocenters. The highest BCUT2D eigenvalue weighted by molar-refractivity contribution is 5.88. The van der Waals surface area contributed by atoms with Crippen molar-refractivity contribution >= 4 is 5.97 Å². The average Bonchev–Trinajstić information content (AvgIpc) is 2.81. The van der Waals surface area contributed by atoms with Crippen molar-refractivity contribution in [1.82, 2.24) is 4.90 Å². The van der Waals surface area contributed by atoms with Gasteiger partial charge in [0, 0.05) is 19.6 Å². The molecule has 0 aliphatic rings. The molecule has 0 spiro atoms. The first kappa shape index (κ1) is 20.6. The predicted octanol–water partition coefficient (Wildman–Crippen LogP) is 6.25. The molecule has 154 valence electrons. The molecule has 0 amide bonds. The molecule has 3 nitrogen and oxygen atoms in total. The van der Waals surface area contributed by atoms with Crippen molar-refractivity contribution in [2.75, 3.05) is 0 Å². The molecule has 0 radical (unpaired) electrons. The van der Waals surface area contributed by atoms with E-state index >= 15 is 0 Å². The summed E-state index contributed by atoms with van der Waals surface area (Å²) in [5.41, 5.74) is 6.25. The van der Waals surface area contributed by atoms with E-state index in [2.05, 4.69) is 77.7 Å². The van der Waals surface area contributed by atoms with Crippen molar-refractivity contribution in [3.63, 3.8) is 0 Å². The number of hydrogen-bond donors (Lipinski definition) is 1. The maximum Gasteiger partial charge on any atom is 0.335 e. The molecule has 0 aromatic heterocycles. The maximum absolute atomic E-state index is 11.1. The molecule has 0 heterocycles. The van der Waals surface area contributed by atoms with E-state index in [9.17, 15) is 4.79 Å². The Morgan fingerprint density at radius 3 is 1.35 bits per heavy atom. The van der Waals surface area contributed by atoms with Crippen LogP contribution in [0.1, 0.15) is 27.0 Å². The molecule has 3 heteroatoms. The summed E-state index contributed by atoms with van der Waals surface area (Å²) in [6.07, 6.45) is 0. The van der Waals surface area contributed by atoms with E-state index in [1.807, 2.05) is 24.3 Å². The van der Waals surface area contributed by atoms with Crippen LogP contribution in [0.5, 0.6) is 0 Å². The minimum Gasteiger partial charge on any atom is -0.478 e. The molecule has 4 rings (SSSR count). The third-order valence-corrected chi connectivity index (χ3v) is 5.32. The second kappa shape index (κ2) is 9.88. The lowest BCUT2D eigenvalue weighted by Gasteiger charge is -2.23. The Kier molecular flexibility index (Phi) is 6.56. The van der Waals surface area contributed by atoms with Crippen LogP contribution in [0, 0.1) is 0 Å². The van der Waals surface area contributed by atoms with Crippen LogP contribution in [0.4, 0.5) is 0 Å². The van der Waals surface area contributed by atoms with E-state index in [-0.39, 0.29) is 0 Å². The van der Waals surface area contributed by atoms with Gasteiger partial charge in [0.15, 0.2) is 0 Å². The van der Waals surface area contributed by atoms with Gasteiger partial charge in [-0.15, -0.1) is 0 Å². The minimum atomic E-state index is -0.904. The smallest absolute Gasteiger partial charge is 0.335 e. The average molecular weight is 408 g/mol. The van der Waals surface area contributed by atoms with E-state index in [1.54, 1.807) is 12.1 Å². The second-order valence-corrected chi connectivity index (χ2v) is 7.70. The fourth-order valence-electron chi connectivity index (χ4n) is 3.72. The monoisotopic (exact) mass is 407 g/mol. The predicted molar refractivity (Wildman–Crippen MR) is 125 cm³/mol. The first-order valence-electron chi connectivity index (χ1n) is 10.4. The molecule has 0 saturated carbocycles. The van der Waals surface area contributed by atoms with Gasteiger partial charge in [0.2, 0.25) is 0 Å². The van der Waals surface area contributed by atoms with Gasteiger partial charge in [-0.3, -0.25) is 4.90 Å². The largest absolute Gasteiger partial charge is 0.478 e. The summed E-state index contributed by atoms with van der Waals surface area (Å²) < 4.78 is 0. The Morgan fingerprint density at radius 2 is 0.935 bits per heavy atom. The molecule has 1 N–H and O–H groups in total. The van der Waals surface area contributed by atoms with E-state index in [1.165, 1.54) is 16.7 Å². The number of carboxylic acids is 1. The van der Waals surface area contributed by atoms with Gasteiger partial charge in [-0.25, -0.2) is 4.79 Å². The van der Waals surface area contributed by atoms with Crippen LogP contribution in [-0.2, 0) is 19.6 Å². The lowest BCUT2D eigenvalue weighted by atomic mass is 10.0. The third-order valence-electron chi connectivity index (χ3n) is 5.32. The number of nitrogens with zero attached hydrogens (tertiary/aromatic N) is 1. The summed E-state index contributed by atoms with van der Waals surface area (Å²) in [6.45, 7) is 2.62. The highest BCUT2D eigenvalue weighted by Crippen LogP contribution is 2.22. The zero-order chi connectivity index (χ0) is 21.5. The Morgan fingerprint density at radius 1 is 0.548 bits per heavy atom. The van der Waals surface area contributed by atoms with Crippen LogP contribution < -0.4 is 0 Å². The molecule has 0 fully saturated rings. The first-order valence-corrected chi connectivity index (χ1v) is 10.4. The molecular formula is C28H25NO2. The van der Waals surface area contributed by atoms with Gasteiger partial charge in [-0.1, -0.05) is 97.1 Å². The summed E-state index contributed by atoms with van der Waals surface area (Å²) >= 11 is 0. The van der Waals surface area contributed by atoms with Crippen molar-refractivity contribution < 1.29 is 9.90 Å². The van der Waals surface area contributed by atoms with Gasteiger partial charge >= 0.3 is 5.97 Å². The molecule has 0 aliphatic heterocycles. The number of hydrogen-bond acceptors (Lipinski definition) is 2. The molecule has 0 bridgehead atoms. The lowest BCUT2D eigenvalue weighted by Crippen LogP contribution is -2.22. The van der Waals surface area contributed by atoms with Crippen LogP contribution in [0.25, 0.3) is 11.1 Å². The SMILES string of the molecule is O=C(O)c1ccc(-c2ccc(CN(Cc3ccccc3)Cc3ccccc3)cc2)cc1. The third kappa shape index (κ3) is 5.68. The number of carbonyl (C=O) groups is 1. The fourth-order valence-corrected chi connectivity index (χ4v) is 3.72. The standard InChI is InChI=1S/C28H25NO2/c30-28(31)27-17-15-26(16-18-27)25-13-11-24(12-14-25)21-29(19-22-7-3-1-4-8-22)20-23-9-5-2-6-10-23/h1-18H,19-21H2,(H,30,31). The Hall–Kier alpha value is -3.69. The van der Waals surface area contributed by atoms with E-state index in [4.69, 9.17) is 5.11 Å². The van der Waals surface area contributed by atoms with Gasteiger partial charge < -0.3 is 5.11 Å². The van der Waals surface area contributed by atoms with Crippen molar-refractivity contribution in [1.29, 1.82) is 0 Å². The highest BCUT2D eigenvalue weighted by atomic mass is 16.4. The molecular weight excluding hydrogens is 382 g/mol. The van der Waals surface area contributed by atoms with Gasteiger partial charge in [-0.2, -0.15) is 0 Å². The number of rotatable bonds is 8. The number of aromatic carboxylic acids is 1. The normalized spacial score (nSPS) is 10.9. The summed E-state index contributed by atoms with van der Waals surface area (Å²) in [6, 6.07) is 36.6. The topological polar surface area (TPSA) is 40.5 Å². The van der Waals surface area contributed by atoms with Crippen LogP contribution >= 0.6 is 0 Å². The molecule has 4 aromatic rings. The second-order valence-electron chi connectivity index (χ2n) is 7.70. The van der Waals surface area contributed by atoms with Crippen molar-refractivity contribution in [2.45, 2.75) is 19.6 Å². The maximum atomic E-state index is 11.1. The van der Waals surface area contributed by atoms with Crippen molar-refractivity contribution in [3.8, 4) is 11.1 Å². The van der Waals surface area contributed by atoms with Gasteiger partial charge in [-0.05, 0) is 39.9 Å². The van der Waals surface area contributed by atoms with Crippen LogP contribution in [-0.4, -0.2) is 16.0 Å². The lowest BCUT2D eigenvalue weighted by molar-refractivity contribution is 0.0697. The quantitative estimate of drug-likeness (QED) is 0.375. The molecule has 4 aromatic carbocycles. The van der Waals surface area contributed by atoms with Crippen molar-refractivity contribution in [3.05, 3.63) is 131 Å². The van der Waals surface area contributed by atoms with E-state index in [0.29, 0.717) is 5.56 Å². The summed E-state index contributed by atoms with van der Waals surface area (Å²) in [5.74, 6) is -0.904. The van der Waals surface area contributed by atoms with Crippen LogP contribution in [0.2, 0.25) is 0 Å². The summed E-state index contributed by atoms with van der Waals surface area (Å²) in [7, 11) is 0. The zero-order valence-electron chi connectivity index (χ0n) is 17.3. The summed E-state index contributed by atoms with van der Waals surface area (Å²) in [5, 5.41) is 9.07. The number of carboxylic acid groups (broad SMARTS) is 1. The fraction of sp³-hybridized carbons (Fsp3) is 0.107. The minimum absolute atomic E-state index is 0.304. The molecule has 0 saturated heterocycles. The van der Waals surface area contributed by atoms with E-state index in [0.717, 1.165) is 30.8 Å². The van der Waals surface area contributed by atoms with Gasteiger partial charge in [0.1, 0.15) is 0 Å².